The molecule has 38 heavy (non-hydrogen) atoms. The van der Waals surface area contributed by atoms with E-state index in [1.54, 1.807) is 22.6 Å². The number of nitrogens with one attached hydrogen (secondary N) is 1. The van der Waals surface area contributed by atoms with Crippen LogP contribution in [0.1, 0.15) is 29.8 Å². The smallest absolute Gasteiger partial charge is 0.253 e. The van der Waals surface area contributed by atoms with Crippen LogP contribution in [0, 0.1) is 5.82 Å². The number of amides is 2. The first-order chi connectivity index (χ1) is 18.4. The molecule has 2 aromatic heterocycles. The van der Waals surface area contributed by atoms with Gasteiger partial charge in [0.1, 0.15) is 17.6 Å². The van der Waals surface area contributed by atoms with Crippen LogP contribution in [0.3, 0.4) is 0 Å². The topological polar surface area (TPSA) is 89.3 Å². The Morgan fingerprint density at radius 2 is 1.95 bits per heavy atom. The van der Waals surface area contributed by atoms with Crippen LogP contribution < -0.4 is 5.32 Å². The first kappa shape index (κ1) is 24.4. The molecular weight excluding hydrogens is 553 g/mol. The van der Waals surface area contributed by atoms with E-state index in [0.717, 1.165) is 33.2 Å². The summed E-state index contributed by atoms with van der Waals surface area (Å²) in [4.78, 5) is 30.9. The number of aromatic nitrogens is 3. The van der Waals surface area contributed by atoms with Crippen LogP contribution >= 0.6 is 15.9 Å². The van der Waals surface area contributed by atoms with Crippen LogP contribution in [0.2, 0.25) is 0 Å². The summed E-state index contributed by atoms with van der Waals surface area (Å²) in [5, 5.41) is 7.61. The van der Waals surface area contributed by atoms with Crippen LogP contribution in [0.25, 0.3) is 17.1 Å². The second kappa shape index (κ2) is 9.77. The van der Waals surface area contributed by atoms with E-state index in [2.05, 4.69) is 26.2 Å². The Hall–Kier alpha value is -3.89. The number of anilines is 1. The maximum absolute atomic E-state index is 13.6. The molecule has 2 unspecified atom stereocenters. The molecule has 8 nitrogen and oxygen atoms in total. The summed E-state index contributed by atoms with van der Waals surface area (Å²) in [6.45, 7) is 2.14. The number of carbonyl (C=O) groups is 2. The third-order valence-electron chi connectivity index (χ3n) is 6.75. The van der Waals surface area contributed by atoms with Gasteiger partial charge in [0.2, 0.25) is 5.91 Å². The molecule has 0 bridgehead atoms. The summed E-state index contributed by atoms with van der Waals surface area (Å²) in [5.74, 6) is -0.585. The predicted molar refractivity (Wildman–Crippen MR) is 142 cm³/mol. The van der Waals surface area contributed by atoms with E-state index < -0.39 is 18.1 Å². The average Bonchev–Trinajstić information content (AvgIpc) is 3.58. The fourth-order valence-corrected chi connectivity index (χ4v) is 5.10. The number of pyridine rings is 1. The number of fused-ring (bicyclic) bond motifs is 1. The molecule has 10 heteroatoms. The molecular formula is C28H23BrFN5O3. The maximum Gasteiger partial charge on any atom is 0.253 e. The predicted octanol–water partition coefficient (Wildman–Crippen LogP) is 4.82. The van der Waals surface area contributed by atoms with Gasteiger partial charge in [-0.3, -0.25) is 14.6 Å². The zero-order valence-electron chi connectivity index (χ0n) is 20.4. The Kier molecular flexibility index (Phi) is 6.29. The highest BCUT2D eigenvalue weighted by molar-refractivity contribution is 9.10. The van der Waals surface area contributed by atoms with Gasteiger partial charge in [0.25, 0.3) is 5.91 Å². The lowest BCUT2D eigenvalue weighted by atomic mass is 10.1. The van der Waals surface area contributed by atoms with Crippen molar-refractivity contribution in [1.82, 2.24) is 19.7 Å². The summed E-state index contributed by atoms with van der Waals surface area (Å²) in [6, 6.07) is 16.4. The van der Waals surface area contributed by atoms with E-state index in [-0.39, 0.29) is 11.8 Å². The molecule has 2 aliphatic heterocycles. The van der Waals surface area contributed by atoms with Crippen molar-refractivity contribution in [2.75, 3.05) is 11.9 Å². The number of carbonyl (C=O) groups excluding carboxylic acids is 2. The molecule has 1 saturated heterocycles. The van der Waals surface area contributed by atoms with E-state index in [1.807, 2.05) is 48.7 Å². The lowest BCUT2D eigenvalue weighted by Crippen LogP contribution is -2.32. The molecule has 1 N–H and O–H groups in total. The molecule has 2 atom stereocenters. The minimum Gasteiger partial charge on any atom is -0.341 e. The summed E-state index contributed by atoms with van der Waals surface area (Å²) in [7, 11) is 0. The molecule has 4 heterocycles. The Morgan fingerprint density at radius 1 is 1.13 bits per heavy atom. The standard InChI is InChI=1S/C28H23BrFN5O3/c1-16-27(37)34(11-10-17-2-8-23-18(12-17)13-25(36)32-23)28(38-16)22-15-35(21-6-3-19(29)4-7-21)33-26(22)24-9-5-20(30)14-31-24/h2-9,12,14-16,28H,10-11,13H2,1H3,(H,32,36). The largest absolute Gasteiger partial charge is 0.341 e. The molecule has 192 valence electrons. The molecule has 4 aromatic rings. The average molecular weight is 576 g/mol. The summed E-state index contributed by atoms with van der Waals surface area (Å²) in [5.41, 5.74) is 5.28. The minimum absolute atomic E-state index is 0.0149. The van der Waals surface area contributed by atoms with Crippen LogP contribution in [0.5, 0.6) is 0 Å². The Bertz CT molecular complexity index is 1540. The van der Waals surface area contributed by atoms with Crippen LogP contribution in [0.4, 0.5) is 10.1 Å². The summed E-state index contributed by atoms with van der Waals surface area (Å²) < 4.78 is 22.5. The fourth-order valence-electron chi connectivity index (χ4n) is 4.84. The van der Waals surface area contributed by atoms with E-state index in [4.69, 9.17) is 9.84 Å². The van der Waals surface area contributed by atoms with Crippen LogP contribution in [-0.4, -0.2) is 44.1 Å². The normalized spacial score (nSPS) is 18.7. The van der Waals surface area contributed by atoms with E-state index in [0.29, 0.717) is 36.3 Å². The van der Waals surface area contributed by atoms with Gasteiger partial charge < -0.3 is 15.0 Å². The van der Waals surface area contributed by atoms with Gasteiger partial charge in [0, 0.05) is 28.5 Å². The quantitative estimate of drug-likeness (QED) is 0.356. The highest BCUT2D eigenvalue weighted by Gasteiger charge is 2.41. The highest BCUT2D eigenvalue weighted by atomic mass is 79.9. The Morgan fingerprint density at radius 3 is 2.71 bits per heavy atom. The monoisotopic (exact) mass is 575 g/mol. The van der Waals surface area contributed by atoms with Crippen molar-refractivity contribution >= 4 is 33.4 Å². The minimum atomic E-state index is -0.693. The van der Waals surface area contributed by atoms with Gasteiger partial charge in [-0.1, -0.05) is 28.1 Å². The summed E-state index contributed by atoms with van der Waals surface area (Å²) >= 11 is 3.45. The first-order valence-electron chi connectivity index (χ1n) is 12.2. The second-order valence-corrected chi connectivity index (χ2v) is 10.3. The Balaban J connectivity index is 1.34. The number of hydrogen-bond donors (Lipinski definition) is 1. The van der Waals surface area contributed by atoms with Crippen LogP contribution in [-0.2, 0) is 27.2 Å². The molecule has 0 saturated carbocycles. The lowest BCUT2D eigenvalue weighted by Gasteiger charge is -2.23. The highest BCUT2D eigenvalue weighted by Crippen LogP contribution is 2.37. The fraction of sp³-hybridized carbons (Fsp3) is 0.214. The molecule has 0 radical (unpaired) electrons. The van der Waals surface area contributed by atoms with Gasteiger partial charge in [-0.05, 0) is 66.9 Å². The van der Waals surface area contributed by atoms with Crippen molar-refractivity contribution in [2.45, 2.75) is 32.1 Å². The number of rotatable bonds is 6. The number of benzene rings is 2. The molecule has 1 fully saturated rings. The van der Waals surface area contributed by atoms with Crippen LogP contribution in [0.15, 0.2) is 71.5 Å². The van der Waals surface area contributed by atoms with E-state index in [9.17, 15) is 14.0 Å². The van der Waals surface area contributed by atoms with Gasteiger partial charge in [-0.25, -0.2) is 9.07 Å². The molecule has 2 aromatic carbocycles. The molecule has 6 rings (SSSR count). The lowest BCUT2D eigenvalue weighted by molar-refractivity contribution is -0.130. The first-order valence-corrected chi connectivity index (χ1v) is 13.0. The number of nitrogens with zero attached hydrogens (tertiary/aromatic N) is 4. The van der Waals surface area contributed by atoms with Gasteiger partial charge in [-0.15, -0.1) is 0 Å². The van der Waals surface area contributed by atoms with Crippen molar-refractivity contribution in [3.63, 3.8) is 0 Å². The van der Waals surface area contributed by atoms with Crippen molar-refractivity contribution in [1.29, 1.82) is 0 Å². The number of hydrogen-bond acceptors (Lipinski definition) is 5. The zero-order valence-corrected chi connectivity index (χ0v) is 22.0. The van der Waals surface area contributed by atoms with Crippen molar-refractivity contribution < 1.29 is 18.7 Å². The number of halogens is 2. The second-order valence-electron chi connectivity index (χ2n) is 9.34. The molecule has 0 aliphatic carbocycles. The zero-order chi connectivity index (χ0) is 26.4. The van der Waals surface area contributed by atoms with Crippen molar-refractivity contribution in [2.24, 2.45) is 0 Å². The Labute approximate surface area is 226 Å². The van der Waals surface area contributed by atoms with E-state index in [1.165, 1.54) is 6.07 Å². The van der Waals surface area contributed by atoms with Gasteiger partial charge >= 0.3 is 0 Å². The van der Waals surface area contributed by atoms with Gasteiger partial charge in [0.15, 0.2) is 6.23 Å². The van der Waals surface area contributed by atoms with Crippen molar-refractivity contribution in [3.05, 3.63) is 94.0 Å². The summed E-state index contributed by atoms with van der Waals surface area (Å²) in [6.07, 6.45) is 2.60. The molecule has 2 aliphatic rings. The molecule has 2 amide bonds. The van der Waals surface area contributed by atoms with E-state index >= 15 is 0 Å². The maximum atomic E-state index is 13.6. The van der Waals surface area contributed by atoms with Crippen molar-refractivity contribution in [3.8, 4) is 17.1 Å². The van der Waals surface area contributed by atoms with Gasteiger partial charge in [-0.2, -0.15) is 5.10 Å². The van der Waals surface area contributed by atoms with Gasteiger partial charge in [0.05, 0.1) is 24.0 Å². The third-order valence-corrected chi connectivity index (χ3v) is 7.28. The SMILES string of the molecule is CC1OC(c2cn(-c3ccc(Br)cc3)nc2-c2ccc(F)cn2)N(CCc2ccc3c(c2)CC(=O)N3)C1=O. The number of ether oxygens (including phenoxy) is 1. The molecule has 0 spiro atoms. The third kappa shape index (κ3) is 4.61.